The van der Waals surface area contributed by atoms with Gasteiger partial charge in [-0.05, 0) is 125 Å². The summed E-state index contributed by atoms with van der Waals surface area (Å²) >= 11 is 0. The predicted octanol–water partition coefficient (Wildman–Crippen LogP) is 8.70. The second kappa shape index (κ2) is 29.1. The highest BCUT2D eigenvalue weighted by atomic mass is 16.6. The Morgan fingerprint density at radius 3 is 2.40 bits per heavy atom. The first-order chi connectivity index (χ1) is 41.0. The molecule has 1 amide bonds. The van der Waals surface area contributed by atoms with Gasteiger partial charge in [0.1, 0.15) is 60.2 Å². The molecule has 3 aliphatic heterocycles. The highest BCUT2D eigenvalue weighted by Crippen LogP contribution is 2.39. The molecule has 0 unspecified atom stereocenters. The zero-order valence-corrected chi connectivity index (χ0v) is 51.8. The van der Waals surface area contributed by atoms with Gasteiger partial charge in [0.05, 0.1) is 29.8 Å². The number of nitrogens with two attached hydrogens (primary N) is 1. The molecule has 1 aromatic carbocycles. The van der Waals surface area contributed by atoms with Crippen molar-refractivity contribution in [2.75, 3.05) is 33.6 Å². The number of esters is 1. The van der Waals surface area contributed by atoms with Crippen molar-refractivity contribution in [1.29, 1.82) is 0 Å². The summed E-state index contributed by atoms with van der Waals surface area (Å²) in [7, 11) is 4.60. The van der Waals surface area contributed by atoms with Crippen LogP contribution in [-0.2, 0) is 59.1 Å². The van der Waals surface area contributed by atoms with Crippen LogP contribution < -0.4 is 5.73 Å². The molecule has 0 radical (unpaired) electrons. The van der Waals surface area contributed by atoms with Crippen LogP contribution >= 0.6 is 0 Å². The third kappa shape index (κ3) is 15.1. The van der Waals surface area contributed by atoms with E-state index in [0.29, 0.717) is 103 Å². The highest BCUT2D eigenvalue weighted by Gasteiger charge is 2.53. The largest absolute Gasteiger partial charge is 0.460 e. The molecular formula is C65H89N7O14. The van der Waals surface area contributed by atoms with Gasteiger partial charge in [0, 0.05) is 71.0 Å². The fourth-order valence-electron chi connectivity index (χ4n) is 13.0. The van der Waals surface area contributed by atoms with Gasteiger partial charge >= 0.3 is 5.97 Å². The summed E-state index contributed by atoms with van der Waals surface area (Å²) in [6, 6.07) is 4.42. The number of aliphatic hydroxyl groups excluding tert-OH is 1. The molecule has 4 aliphatic rings. The number of rotatable bonds is 10. The number of cyclic esters (lactones) is 1. The van der Waals surface area contributed by atoms with Gasteiger partial charge < -0.3 is 53.7 Å². The monoisotopic (exact) mass is 1190 g/mol. The summed E-state index contributed by atoms with van der Waals surface area (Å²) in [5.41, 5.74) is 10.8. The molecular weight excluding hydrogens is 1100 g/mol. The van der Waals surface area contributed by atoms with E-state index >= 15 is 0 Å². The Labute approximate surface area is 504 Å². The Balaban J connectivity index is 1.02. The van der Waals surface area contributed by atoms with Crippen LogP contribution in [0.3, 0.4) is 0 Å². The van der Waals surface area contributed by atoms with Crippen molar-refractivity contribution in [3.63, 3.8) is 0 Å². The summed E-state index contributed by atoms with van der Waals surface area (Å²) in [5.74, 6) is -7.54. The van der Waals surface area contributed by atoms with Crippen LogP contribution in [0.25, 0.3) is 33.4 Å². The Morgan fingerprint density at radius 2 is 1.65 bits per heavy atom. The number of methoxy groups -OCH3 is 3. The zero-order valence-electron chi connectivity index (χ0n) is 51.8. The maximum Gasteiger partial charge on any atom is 0.329 e. The number of nitrogen functional groups attached to an aromatic ring is 1. The standard InChI is InChI=1S/C65H89N7O14/c1-36-17-13-12-14-18-37(2)52(80-9)32-46-23-20-42(7)65(79,86-46)60(76)63(77)71-26-16-15-19-48(71)64(78)85-53(33-49(73)38(3)28-41(6)58(75)59(82-11)57(74)40(5)27-36)39(4)29-44-21-24-51(54(30-44)81-10)83-35-72-62-55(61(66)67-34-68-62)56(70-72)45-22-25-50-47(31-45)69-43(8)84-50/h12-14,17-18,22,25,28,31,34,36,38-40,42,44,46,48,51-54,58-59,75,79H,15-16,19-21,23-24,26-27,29-30,32-33,35H2,1-11H3,(H2,66,67,68)/b14-12?,17-13+,37-18?,41-28+/t36-,38-,39-,40-,42-,44+,46+,48+,51-,52+,53+,54-,58-,59+,65-/m1/s1. The van der Waals surface area contributed by atoms with Crippen LogP contribution in [0.4, 0.5) is 5.82 Å². The average molecular weight is 1190 g/mol. The van der Waals surface area contributed by atoms with Gasteiger partial charge in [0.25, 0.3) is 11.7 Å². The van der Waals surface area contributed by atoms with Gasteiger partial charge in [0.2, 0.25) is 5.79 Å². The Kier molecular flexibility index (Phi) is 22.2. The number of anilines is 1. The van der Waals surface area contributed by atoms with Crippen LogP contribution in [0, 0.1) is 42.4 Å². The number of carbonyl (C=O) groups excluding carboxylic acids is 5. The lowest BCUT2D eigenvalue weighted by Gasteiger charge is -2.42. The number of benzene rings is 1. The van der Waals surface area contributed by atoms with Crippen LogP contribution in [-0.4, -0.2) is 152 Å². The van der Waals surface area contributed by atoms with Gasteiger partial charge in [-0.1, -0.05) is 71.1 Å². The van der Waals surface area contributed by atoms with E-state index in [1.807, 2.05) is 76.3 Å². The number of amides is 1. The molecule has 21 heteroatoms. The molecule has 21 nitrogen and oxygen atoms in total. The van der Waals surface area contributed by atoms with Gasteiger partial charge in [-0.3, -0.25) is 19.2 Å². The number of nitrogens with zero attached hydrogens (tertiary/aromatic N) is 6. The van der Waals surface area contributed by atoms with Crippen molar-refractivity contribution >= 4 is 57.2 Å². The first-order valence-corrected chi connectivity index (χ1v) is 30.5. The van der Waals surface area contributed by atoms with Crippen molar-refractivity contribution < 1.29 is 67.0 Å². The molecule has 3 aromatic heterocycles. The number of hydrogen-bond donors (Lipinski definition) is 3. The number of ketones is 3. The number of hydrogen-bond acceptors (Lipinski definition) is 19. The number of aliphatic hydroxyl groups is 2. The number of ether oxygens (including phenoxy) is 6. The van der Waals surface area contributed by atoms with Crippen LogP contribution in [0.2, 0.25) is 0 Å². The Hall–Kier alpha value is -6.33. The molecule has 2 bridgehead atoms. The summed E-state index contributed by atoms with van der Waals surface area (Å²) < 4.78 is 44.2. The summed E-state index contributed by atoms with van der Waals surface area (Å²) in [6.07, 6.45) is 12.4. The summed E-state index contributed by atoms with van der Waals surface area (Å²) in [4.78, 5) is 86.7. The number of allylic oxidation sites excluding steroid dienone is 6. The maximum atomic E-state index is 14.8. The van der Waals surface area contributed by atoms with Crippen molar-refractivity contribution in [1.82, 2.24) is 29.6 Å². The first kappa shape index (κ1) is 65.6. The molecule has 15 atom stereocenters. The molecule has 1 saturated carbocycles. The molecule has 4 aromatic rings. The second-order valence-electron chi connectivity index (χ2n) is 24.6. The minimum absolute atomic E-state index is 0.00382. The normalized spacial score (nSPS) is 32.6. The number of fused-ring (bicyclic) bond motifs is 5. The Bertz CT molecular complexity index is 3190. The number of carbonyl (C=O) groups is 5. The van der Waals surface area contributed by atoms with Crippen molar-refractivity contribution in [3.05, 3.63) is 78.0 Å². The van der Waals surface area contributed by atoms with Crippen LogP contribution in [0.5, 0.6) is 0 Å². The average Bonchev–Trinajstić information content (AvgIpc) is 1.56. The molecule has 6 heterocycles. The number of piperidine rings is 1. The molecule has 8 rings (SSSR count). The smallest absolute Gasteiger partial charge is 0.329 e. The molecule has 1 aliphatic carbocycles. The van der Waals surface area contributed by atoms with Crippen LogP contribution in [0.1, 0.15) is 131 Å². The van der Waals surface area contributed by atoms with Crippen LogP contribution in [0.15, 0.2) is 76.5 Å². The molecule has 468 valence electrons. The van der Waals surface area contributed by atoms with E-state index in [2.05, 4.69) is 15.0 Å². The van der Waals surface area contributed by atoms with E-state index in [0.717, 1.165) is 11.1 Å². The number of aryl methyl sites for hydroxylation is 1. The minimum atomic E-state index is -2.46. The fourth-order valence-corrected chi connectivity index (χ4v) is 13.0. The first-order valence-electron chi connectivity index (χ1n) is 30.5. The second-order valence-corrected chi connectivity index (χ2v) is 24.6. The lowest BCUT2D eigenvalue weighted by atomic mass is 9.78. The molecule has 0 spiro atoms. The van der Waals surface area contributed by atoms with E-state index in [4.69, 9.17) is 43.7 Å². The van der Waals surface area contributed by atoms with E-state index in [1.165, 1.54) is 18.3 Å². The lowest BCUT2D eigenvalue weighted by Crippen LogP contribution is -2.61. The molecule has 2 saturated heterocycles. The minimum Gasteiger partial charge on any atom is -0.460 e. The van der Waals surface area contributed by atoms with Gasteiger partial charge in [0.15, 0.2) is 22.9 Å². The van der Waals surface area contributed by atoms with E-state index in [-0.39, 0.29) is 67.5 Å². The number of oxazole rings is 1. The fraction of sp³-hybridized carbons (Fsp3) is 0.615. The molecule has 4 N–H and O–H groups in total. The van der Waals surface area contributed by atoms with Gasteiger partial charge in [-0.15, -0.1) is 0 Å². The molecule has 86 heavy (non-hydrogen) atoms. The highest BCUT2D eigenvalue weighted by molar-refractivity contribution is 6.39. The third-order valence-corrected chi connectivity index (χ3v) is 18.2. The topological polar surface area (TPSA) is 280 Å². The third-order valence-electron chi connectivity index (χ3n) is 18.2. The van der Waals surface area contributed by atoms with E-state index < -0.39 is 83.7 Å². The lowest BCUT2D eigenvalue weighted by molar-refractivity contribution is -0.265. The van der Waals surface area contributed by atoms with Crippen molar-refractivity contribution in [2.45, 2.75) is 194 Å². The number of Topliss-reactive ketones (excluding diaryl/α,β-unsaturated/α-hetero) is 3. The van der Waals surface area contributed by atoms with Gasteiger partial charge in [-0.2, -0.15) is 5.10 Å². The SMILES string of the molecule is CO[C@H]1C[C@@H]2CC[C@@H](C)[C@@](O)(O2)C(=O)C(=O)N2CCCC[C@H]2C(=O)O[C@H]([C@H](C)C[C@@H]2CC[C@@H](OCn3nc(-c4ccc5oc(C)nc5c4)c4c(N)ncnc43)[C@H](OC)C2)CC(=O)[C@H](C)/C=C(\C)[C@@H](O)[C@@H](OC)C(=O)[C@H](C)C[C@H](C)/C=C/C=CC=C1C. The zero-order chi connectivity index (χ0) is 62.1. The maximum absolute atomic E-state index is 14.8. The van der Waals surface area contributed by atoms with E-state index in [1.54, 1.807) is 52.7 Å². The van der Waals surface area contributed by atoms with E-state index in [9.17, 15) is 34.2 Å². The summed E-state index contributed by atoms with van der Waals surface area (Å²) in [5, 5.41) is 29.2. The quantitative estimate of drug-likeness (QED) is 0.0760. The van der Waals surface area contributed by atoms with Crippen molar-refractivity contribution in [2.24, 2.45) is 35.5 Å². The summed E-state index contributed by atoms with van der Waals surface area (Å²) in [6.45, 7) is 14.6. The number of aromatic nitrogens is 5. The molecule has 3 fully saturated rings. The Morgan fingerprint density at radius 1 is 0.872 bits per heavy atom. The predicted molar refractivity (Wildman–Crippen MR) is 321 cm³/mol. The van der Waals surface area contributed by atoms with Crippen molar-refractivity contribution in [3.8, 4) is 11.3 Å². The van der Waals surface area contributed by atoms with Gasteiger partial charge in [-0.25, -0.2) is 24.4 Å².